The molecule has 0 bridgehead atoms. The van der Waals surface area contributed by atoms with Crippen molar-refractivity contribution < 1.29 is 19.5 Å². The van der Waals surface area contributed by atoms with E-state index < -0.39 is 0 Å². The van der Waals surface area contributed by atoms with Crippen LogP contribution >= 0.6 is 0 Å². The summed E-state index contributed by atoms with van der Waals surface area (Å²) in [5.41, 5.74) is 3.63. The molecule has 0 aliphatic carbocycles. The molecular formula is C48H52N2O4. The van der Waals surface area contributed by atoms with Crippen molar-refractivity contribution in [3.05, 3.63) is 95.1 Å². The van der Waals surface area contributed by atoms with Gasteiger partial charge < -0.3 is 10.0 Å². The van der Waals surface area contributed by atoms with Gasteiger partial charge in [0, 0.05) is 39.7 Å². The number of phenols is 1. The van der Waals surface area contributed by atoms with Crippen molar-refractivity contribution in [1.82, 2.24) is 4.90 Å². The molecule has 0 spiro atoms. The van der Waals surface area contributed by atoms with Crippen molar-refractivity contribution in [3.8, 4) is 5.75 Å². The molecule has 2 heterocycles. The second-order valence-corrected chi connectivity index (χ2v) is 15.7. The van der Waals surface area contributed by atoms with E-state index in [0.29, 0.717) is 29.8 Å². The molecule has 8 rings (SSSR count). The van der Waals surface area contributed by atoms with Gasteiger partial charge in [0.25, 0.3) is 17.7 Å². The van der Waals surface area contributed by atoms with Gasteiger partial charge in [-0.15, -0.1) is 0 Å². The van der Waals surface area contributed by atoms with Crippen LogP contribution in [0.15, 0.2) is 72.8 Å². The smallest absolute Gasteiger partial charge is 0.261 e. The van der Waals surface area contributed by atoms with Crippen LogP contribution in [0.1, 0.15) is 146 Å². The third-order valence-corrected chi connectivity index (χ3v) is 12.1. The summed E-state index contributed by atoms with van der Waals surface area (Å²) in [6, 6.07) is 22.8. The molecule has 0 saturated heterocycles. The molecule has 6 nitrogen and oxygen atoms in total. The second kappa shape index (κ2) is 15.8. The third-order valence-electron chi connectivity index (χ3n) is 12.1. The number of rotatable bonds is 18. The molecule has 0 atom stereocenters. The van der Waals surface area contributed by atoms with Crippen LogP contribution in [0.3, 0.4) is 0 Å². The predicted molar refractivity (Wildman–Crippen MR) is 221 cm³/mol. The summed E-state index contributed by atoms with van der Waals surface area (Å²) in [7, 11) is 0. The minimum Gasteiger partial charge on any atom is -0.508 e. The Balaban J connectivity index is 0.932. The summed E-state index contributed by atoms with van der Waals surface area (Å²) in [6.07, 6.45) is 20.6. The van der Waals surface area contributed by atoms with Gasteiger partial charge in [-0.1, -0.05) is 134 Å². The maximum absolute atomic E-state index is 14.0. The maximum atomic E-state index is 14.0. The highest BCUT2D eigenvalue weighted by Gasteiger charge is 2.35. The van der Waals surface area contributed by atoms with E-state index in [0.717, 1.165) is 73.6 Å². The SMILES string of the molecule is CCCCCCCCCCCCCCCCCCN1C(=O)c2ccc3c4ccc5c6c(ccc(c7ccc(c2c37)C1=O)c64)C(=O)N(c1ccc(O)cc1)C5. The highest BCUT2D eigenvalue weighted by Crippen LogP contribution is 2.46. The average Bonchev–Trinajstić information content (AvgIpc) is 3.19. The van der Waals surface area contributed by atoms with Gasteiger partial charge in [-0.3, -0.25) is 19.3 Å². The lowest BCUT2D eigenvalue weighted by Gasteiger charge is -2.31. The maximum Gasteiger partial charge on any atom is 0.261 e. The molecule has 54 heavy (non-hydrogen) atoms. The Hall–Kier alpha value is -4.97. The number of hydrogen-bond acceptors (Lipinski definition) is 4. The molecule has 3 amide bonds. The number of nitrogens with zero attached hydrogens (tertiary/aromatic N) is 2. The molecule has 6 aromatic rings. The van der Waals surface area contributed by atoms with Gasteiger partial charge in [-0.05, 0) is 86.8 Å². The molecule has 2 aliphatic heterocycles. The predicted octanol–water partition coefficient (Wildman–Crippen LogP) is 12.5. The van der Waals surface area contributed by atoms with E-state index in [1.807, 2.05) is 36.4 Å². The summed E-state index contributed by atoms with van der Waals surface area (Å²) < 4.78 is 0. The fourth-order valence-corrected chi connectivity index (χ4v) is 9.26. The van der Waals surface area contributed by atoms with Gasteiger partial charge in [-0.25, -0.2) is 0 Å². The number of carbonyl (C=O) groups excluding carboxylic acids is 3. The highest BCUT2D eigenvalue weighted by molar-refractivity contribution is 6.39. The summed E-state index contributed by atoms with van der Waals surface area (Å²) in [4.78, 5) is 45.0. The van der Waals surface area contributed by atoms with Crippen molar-refractivity contribution in [2.24, 2.45) is 0 Å². The van der Waals surface area contributed by atoms with Gasteiger partial charge in [0.05, 0.1) is 6.54 Å². The monoisotopic (exact) mass is 720 g/mol. The fourth-order valence-electron chi connectivity index (χ4n) is 9.26. The van der Waals surface area contributed by atoms with Gasteiger partial charge in [0.1, 0.15) is 5.75 Å². The minimum atomic E-state index is -0.201. The first-order valence-electron chi connectivity index (χ1n) is 20.6. The first kappa shape index (κ1) is 36.0. The third kappa shape index (κ3) is 6.58. The summed E-state index contributed by atoms with van der Waals surface area (Å²) in [5, 5.41) is 17.5. The van der Waals surface area contributed by atoms with Crippen LogP contribution < -0.4 is 4.90 Å². The molecule has 0 unspecified atom stereocenters. The average molecular weight is 721 g/mol. The Bertz CT molecular complexity index is 2270. The molecule has 2 aliphatic rings. The fraction of sp³-hybridized carbons (Fsp3) is 0.396. The normalized spacial score (nSPS) is 14.2. The van der Waals surface area contributed by atoms with Crippen LogP contribution in [0.25, 0.3) is 43.1 Å². The number of anilines is 1. The molecule has 0 saturated carbocycles. The Labute approximate surface area is 318 Å². The Morgan fingerprint density at radius 2 is 0.889 bits per heavy atom. The van der Waals surface area contributed by atoms with Crippen LogP contribution in [0, 0.1) is 0 Å². The number of amides is 3. The summed E-state index contributed by atoms with van der Waals surface area (Å²) in [5.74, 6) is -0.317. The van der Waals surface area contributed by atoms with Crippen LogP contribution in [-0.4, -0.2) is 34.3 Å². The number of carbonyl (C=O) groups is 3. The molecule has 278 valence electrons. The zero-order chi connectivity index (χ0) is 37.2. The number of benzene rings is 6. The van der Waals surface area contributed by atoms with Crippen molar-refractivity contribution >= 4 is 66.5 Å². The zero-order valence-corrected chi connectivity index (χ0v) is 31.7. The highest BCUT2D eigenvalue weighted by atomic mass is 16.3. The Kier molecular flexibility index (Phi) is 10.5. The molecule has 0 radical (unpaired) electrons. The van der Waals surface area contributed by atoms with E-state index in [-0.39, 0.29) is 23.5 Å². The first-order chi connectivity index (χ1) is 26.5. The van der Waals surface area contributed by atoms with Gasteiger partial charge in [0.15, 0.2) is 0 Å². The number of fused-ring (bicyclic) bond motifs is 2. The van der Waals surface area contributed by atoms with Gasteiger partial charge >= 0.3 is 0 Å². The van der Waals surface area contributed by atoms with E-state index in [1.54, 1.807) is 29.2 Å². The summed E-state index contributed by atoms with van der Waals surface area (Å²) in [6.45, 7) is 3.15. The molecule has 6 heteroatoms. The van der Waals surface area contributed by atoms with Crippen LogP contribution in [0.2, 0.25) is 0 Å². The van der Waals surface area contributed by atoms with Crippen LogP contribution in [-0.2, 0) is 6.54 Å². The topological polar surface area (TPSA) is 77.9 Å². The van der Waals surface area contributed by atoms with Crippen LogP contribution in [0.5, 0.6) is 5.75 Å². The minimum absolute atomic E-state index is 0.0754. The van der Waals surface area contributed by atoms with Crippen molar-refractivity contribution in [1.29, 1.82) is 0 Å². The molecular weight excluding hydrogens is 669 g/mol. The van der Waals surface area contributed by atoms with E-state index in [4.69, 9.17) is 0 Å². The van der Waals surface area contributed by atoms with E-state index in [9.17, 15) is 19.5 Å². The van der Waals surface area contributed by atoms with E-state index >= 15 is 0 Å². The van der Waals surface area contributed by atoms with Gasteiger partial charge in [0.2, 0.25) is 0 Å². The second-order valence-electron chi connectivity index (χ2n) is 15.7. The van der Waals surface area contributed by atoms with E-state index in [2.05, 4.69) is 19.1 Å². The van der Waals surface area contributed by atoms with E-state index in [1.165, 1.54) is 88.4 Å². The lowest BCUT2D eigenvalue weighted by atomic mass is 9.82. The largest absolute Gasteiger partial charge is 0.508 e. The molecule has 6 aromatic carbocycles. The molecule has 0 fully saturated rings. The number of aromatic hydroxyl groups is 1. The first-order valence-corrected chi connectivity index (χ1v) is 20.6. The number of unbranched alkanes of at least 4 members (excludes halogenated alkanes) is 15. The molecule has 1 N–H and O–H groups in total. The molecule has 0 aromatic heterocycles. The van der Waals surface area contributed by atoms with Crippen molar-refractivity contribution in [2.75, 3.05) is 11.4 Å². The Morgan fingerprint density at radius 1 is 0.463 bits per heavy atom. The standard InChI is InChI=1S/C48H52N2O4/c1-2-3-4-5-6-7-8-9-10-11-12-13-14-15-16-17-30-49-46(52)40-28-25-37-35-23-18-32-31-50(33-19-21-34(51)22-20-33)48(54)39-27-24-36(43(35)42(32)39)38-26-29-41(47(49)53)45(40)44(37)38/h18-29,51H,2-17,30-31H2,1H3. The zero-order valence-electron chi connectivity index (χ0n) is 31.7. The number of hydrogen-bond donors (Lipinski definition) is 1. The van der Waals surface area contributed by atoms with Crippen molar-refractivity contribution in [2.45, 2.75) is 116 Å². The van der Waals surface area contributed by atoms with Crippen LogP contribution in [0.4, 0.5) is 5.69 Å². The lowest BCUT2D eigenvalue weighted by molar-refractivity contribution is 0.0607. The van der Waals surface area contributed by atoms with Crippen molar-refractivity contribution in [3.63, 3.8) is 0 Å². The quantitative estimate of drug-likeness (QED) is 0.0415. The number of imide groups is 1. The van der Waals surface area contributed by atoms with Gasteiger partial charge in [-0.2, -0.15) is 0 Å². The Morgan fingerprint density at radius 3 is 1.39 bits per heavy atom. The number of phenolic OH excluding ortho intramolecular Hbond substituents is 1. The summed E-state index contributed by atoms with van der Waals surface area (Å²) >= 11 is 0. The lowest BCUT2D eigenvalue weighted by Crippen LogP contribution is -2.40.